The van der Waals surface area contributed by atoms with E-state index in [2.05, 4.69) is 25.1 Å². The number of hydrogen-bond donors (Lipinski definition) is 1. The van der Waals surface area contributed by atoms with Crippen LogP contribution in [0.2, 0.25) is 0 Å². The van der Waals surface area contributed by atoms with Crippen molar-refractivity contribution < 1.29 is 9.47 Å². The molecular weight excluding hydrogens is 258 g/mol. The molecule has 0 bridgehead atoms. The van der Waals surface area contributed by atoms with Crippen molar-refractivity contribution in [1.82, 2.24) is 5.32 Å². The number of methoxy groups -OCH3 is 2. The summed E-state index contributed by atoms with van der Waals surface area (Å²) in [6.45, 7) is 6.72. The summed E-state index contributed by atoms with van der Waals surface area (Å²) in [6.07, 6.45) is 4.96. The molecule has 0 aromatic heterocycles. The van der Waals surface area contributed by atoms with Crippen LogP contribution in [0.15, 0.2) is 29.7 Å². The number of benzene rings is 1. The smallest absolute Gasteiger partial charge is 0.161 e. The first kappa shape index (κ1) is 15.9. The molecule has 0 aliphatic heterocycles. The summed E-state index contributed by atoms with van der Waals surface area (Å²) in [5, 5.41) is 3.48. The van der Waals surface area contributed by atoms with Crippen LogP contribution < -0.4 is 14.8 Å². The zero-order valence-electron chi connectivity index (χ0n) is 12.2. The Hall–Kier alpha value is -1.13. The van der Waals surface area contributed by atoms with E-state index in [0.29, 0.717) is 6.04 Å². The molecular formula is C15H23NO2S. The molecule has 1 N–H and O–H groups in total. The lowest BCUT2D eigenvalue weighted by Gasteiger charge is -2.16. The molecule has 0 amide bonds. The van der Waals surface area contributed by atoms with Crippen LogP contribution in [-0.2, 0) is 6.54 Å². The SMILES string of the molecule is C=CCC(C)NCc1cc(OC)c(OC)cc1SC. The Morgan fingerprint density at radius 3 is 2.47 bits per heavy atom. The molecule has 0 saturated heterocycles. The van der Waals surface area contributed by atoms with E-state index in [1.54, 1.807) is 26.0 Å². The van der Waals surface area contributed by atoms with Crippen molar-refractivity contribution in [3.63, 3.8) is 0 Å². The minimum Gasteiger partial charge on any atom is -0.493 e. The van der Waals surface area contributed by atoms with Crippen LogP contribution in [-0.4, -0.2) is 26.5 Å². The minimum atomic E-state index is 0.417. The fourth-order valence-corrected chi connectivity index (χ4v) is 2.47. The van der Waals surface area contributed by atoms with Crippen molar-refractivity contribution in [3.05, 3.63) is 30.4 Å². The molecule has 3 nitrogen and oxygen atoms in total. The van der Waals surface area contributed by atoms with E-state index in [1.165, 1.54) is 10.5 Å². The average Bonchev–Trinajstić information content (AvgIpc) is 2.44. The van der Waals surface area contributed by atoms with Gasteiger partial charge in [-0.2, -0.15) is 0 Å². The first-order valence-electron chi connectivity index (χ1n) is 6.29. The molecule has 1 aromatic carbocycles. The van der Waals surface area contributed by atoms with Crippen molar-refractivity contribution in [3.8, 4) is 11.5 Å². The fraction of sp³-hybridized carbons (Fsp3) is 0.467. The molecule has 1 atom stereocenters. The molecule has 0 aliphatic rings. The van der Waals surface area contributed by atoms with Gasteiger partial charge in [-0.1, -0.05) is 6.08 Å². The Morgan fingerprint density at radius 1 is 1.32 bits per heavy atom. The van der Waals surface area contributed by atoms with Gasteiger partial charge < -0.3 is 14.8 Å². The lowest BCUT2D eigenvalue weighted by molar-refractivity contribution is 0.353. The highest BCUT2D eigenvalue weighted by Crippen LogP contribution is 2.34. The second kappa shape index (κ2) is 8.12. The zero-order valence-corrected chi connectivity index (χ0v) is 13.0. The molecule has 0 aliphatic carbocycles. The van der Waals surface area contributed by atoms with Gasteiger partial charge in [0.05, 0.1) is 14.2 Å². The third kappa shape index (κ3) is 4.48. The quantitative estimate of drug-likeness (QED) is 0.584. The molecule has 19 heavy (non-hydrogen) atoms. The fourth-order valence-electron chi connectivity index (χ4n) is 1.85. The number of thioether (sulfide) groups is 1. The van der Waals surface area contributed by atoms with Crippen LogP contribution in [0.3, 0.4) is 0 Å². The van der Waals surface area contributed by atoms with Gasteiger partial charge >= 0.3 is 0 Å². The van der Waals surface area contributed by atoms with Crippen LogP contribution in [0.5, 0.6) is 11.5 Å². The van der Waals surface area contributed by atoms with Gasteiger partial charge in [-0.25, -0.2) is 0 Å². The number of rotatable bonds is 8. The number of ether oxygens (including phenoxy) is 2. The molecule has 106 valence electrons. The Morgan fingerprint density at radius 2 is 1.95 bits per heavy atom. The second-order valence-corrected chi connectivity index (χ2v) is 5.17. The molecule has 0 heterocycles. The molecule has 1 unspecified atom stereocenters. The first-order valence-corrected chi connectivity index (χ1v) is 7.51. The van der Waals surface area contributed by atoms with Gasteiger partial charge in [0.1, 0.15) is 0 Å². The van der Waals surface area contributed by atoms with E-state index in [4.69, 9.17) is 9.47 Å². The van der Waals surface area contributed by atoms with E-state index in [1.807, 2.05) is 18.2 Å². The van der Waals surface area contributed by atoms with Gasteiger partial charge in [0.15, 0.2) is 11.5 Å². The van der Waals surface area contributed by atoms with Gasteiger partial charge in [0, 0.05) is 17.5 Å². The van der Waals surface area contributed by atoms with Crippen LogP contribution in [0.4, 0.5) is 0 Å². The van der Waals surface area contributed by atoms with Crippen LogP contribution >= 0.6 is 11.8 Å². The molecule has 0 radical (unpaired) electrons. The average molecular weight is 281 g/mol. The maximum absolute atomic E-state index is 5.35. The van der Waals surface area contributed by atoms with Crippen LogP contribution in [0.1, 0.15) is 18.9 Å². The standard InChI is InChI=1S/C15H23NO2S/c1-6-7-11(2)16-10-12-8-13(17-3)14(18-4)9-15(12)19-5/h6,8-9,11,16H,1,7,10H2,2-5H3. The highest BCUT2D eigenvalue weighted by Gasteiger charge is 2.11. The van der Waals surface area contributed by atoms with Gasteiger partial charge in [0.25, 0.3) is 0 Å². The minimum absolute atomic E-state index is 0.417. The highest BCUT2D eigenvalue weighted by molar-refractivity contribution is 7.98. The first-order chi connectivity index (χ1) is 9.15. The van der Waals surface area contributed by atoms with Crippen molar-refractivity contribution in [2.45, 2.75) is 30.8 Å². The Kier molecular flexibility index (Phi) is 6.81. The van der Waals surface area contributed by atoms with Crippen molar-refractivity contribution in [2.24, 2.45) is 0 Å². The predicted molar refractivity (Wildman–Crippen MR) is 82.4 cm³/mol. The van der Waals surface area contributed by atoms with Crippen molar-refractivity contribution in [1.29, 1.82) is 0 Å². The molecule has 1 aromatic rings. The van der Waals surface area contributed by atoms with Gasteiger partial charge in [-0.3, -0.25) is 0 Å². The predicted octanol–water partition coefficient (Wildman–Crippen LogP) is 3.48. The molecule has 0 fully saturated rings. The largest absolute Gasteiger partial charge is 0.493 e. The topological polar surface area (TPSA) is 30.5 Å². The highest BCUT2D eigenvalue weighted by atomic mass is 32.2. The van der Waals surface area contributed by atoms with Crippen LogP contribution in [0, 0.1) is 0 Å². The zero-order chi connectivity index (χ0) is 14.3. The summed E-state index contributed by atoms with van der Waals surface area (Å²) in [7, 11) is 3.32. The molecule has 1 rings (SSSR count). The summed E-state index contributed by atoms with van der Waals surface area (Å²) in [6, 6.07) is 4.48. The van der Waals surface area contributed by atoms with Gasteiger partial charge in [-0.15, -0.1) is 18.3 Å². The van der Waals surface area contributed by atoms with E-state index in [9.17, 15) is 0 Å². The van der Waals surface area contributed by atoms with Gasteiger partial charge in [0.2, 0.25) is 0 Å². The van der Waals surface area contributed by atoms with Crippen molar-refractivity contribution in [2.75, 3.05) is 20.5 Å². The second-order valence-electron chi connectivity index (χ2n) is 4.33. The molecule has 0 saturated carbocycles. The molecule has 0 spiro atoms. The third-order valence-corrected chi connectivity index (χ3v) is 3.77. The lowest BCUT2D eigenvalue weighted by atomic mass is 10.1. The summed E-state index contributed by atoms with van der Waals surface area (Å²) < 4.78 is 10.7. The number of nitrogens with one attached hydrogen (secondary N) is 1. The monoisotopic (exact) mass is 281 g/mol. The Labute approximate surface area is 120 Å². The maximum Gasteiger partial charge on any atom is 0.161 e. The summed E-state index contributed by atoms with van der Waals surface area (Å²) in [4.78, 5) is 1.20. The van der Waals surface area contributed by atoms with Gasteiger partial charge in [-0.05, 0) is 37.3 Å². The maximum atomic E-state index is 5.35. The third-order valence-electron chi connectivity index (χ3n) is 2.95. The van der Waals surface area contributed by atoms with E-state index in [-0.39, 0.29) is 0 Å². The lowest BCUT2D eigenvalue weighted by Crippen LogP contribution is -2.25. The normalized spacial score (nSPS) is 12.0. The van der Waals surface area contributed by atoms with Crippen LogP contribution in [0.25, 0.3) is 0 Å². The summed E-state index contributed by atoms with van der Waals surface area (Å²) >= 11 is 1.71. The molecule has 4 heteroatoms. The Balaban J connectivity index is 2.89. The van der Waals surface area contributed by atoms with E-state index >= 15 is 0 Å². The summed E-state index contributed by atoms with van der Waals surface area (Å²) in [5.74, 6) is 1.54. The number of hydrogen-bond acceptors (Lipinski definition) is 4. The van der Waals surface area contributed by atoms with E-state index < -0.39 is 0 Å². The van der Waals surface area contributed by atoms with Crippen molar-refractivity contribution >= 4 is 11.8 Å². The Bertz CT molecular complexity index is 421. The summed E-state index contributed by atoms with van der Waals surface area (Å²) in [5.41, 5.74) is 1.22. The van der Waals surface area contributed by atoms with E-state index in [0.717, 1.165) is 24.5 Å².